The van der Waals surface area contributed by atoms with Gasteiger partial charge in [0.05, 0.1) is 6.61 Å². The van der Waals surface area contributed by atoms with E-state index in [1.165, 1.54) is 0 Å². The van der Waals surface area contributed by atoms with E-state index in [0.29, 0.717) is 12.0 Å². The molecule has 1 atom stereocenters. The second-order valence-corrected chi connectivity index (χ2v) is 3.82. The molecular weight excluding hydrogens is 126 g/mol. The topological polar surface area (TPSA) is 21.3 Å². The first-order valence-electron chi connectivity index (χ1n) is 3.93. The minimum Gasteiger partial charge on any atom is -0.360 e. The molecule has 0 bridgehead atoms. The van der Waals surface area contributed by atoms with Crippen LogP contribution >= 0.6 is 0 Å². The molecule has 1 heterocycles. The van der Waals surface area contributed by atoms with Crippen molar-refractivity contribution in [3.8, 4) is 0 Å². The van der Waals surface area contributed by atoms with Crippen LogP contribution in [-0.4, -0.2) is 18.4 Å². The Hall–Kier alpha value is -0.0800. The lowest BCUT2D eigenvalue weighted by Gasteiger charge is -2.19. The number of hydrogen-bond acceptors (Lipinski definition) is 2. The lowest BCUT2D eigenvalue weighted by Crippen LogP contribution is -2.40. The fourth-order valence-corrected chi connectivity index (χ4v) is 1.19. The molecule has 10 heavy (non-hydrogen) atoms. The molecule has 1 rings (SSSR count). The Bertz CT molecular complexity index is 120. The molecule has 2 nitrogen and oxygen atoms in total. The minimum atomic E-state index is -0.102. The van der Waals surface area contributed by atoms with Crippen molar-refractivity contribution in [2.45, 2.75) is 39.5 Å². The van der Waals surface area contributed by atoms with Crippen molar-refractivity contribution in [3.63, 3.8) is 0 Å². The SMILES string of the molecule is CC(C)C1COC(C)(C)N1. The Morgan fingerprint density at radius 2 is 2.10 bits per heavy atom. The predicted octanol–water partition coefficient (Wildman–Crippen LogP) is 1.37. The number of ether oxygens (including phenoxy) is 1. The van der Waals surface area contributed by atoms with Crippen LogP contribution in [0, 0.1) is 5.92 Å². The van der Waals surface area contributed by atoms with Crippen molar-refractivity contribution in [2.24, 2.45) is 5.92 Å². The van der Waals surface area contributed by atoms with Gasteiger partial charge in [0.2, 0.25) is 0 Å². The smallest absolute Gasteiger partial charge is 0.113 e. The molecule has 1 aliphatic rings. The number of rotatable bonds is 1. The molecular formula is C8H17NO. The molecule has 0 radical (unpaired) electrons. The zero-order chi connectivity index (χ0) is 7.78. The van der Waals surface area contributed by atoms with Gasteiger partial charge in [-0.05, 0) is 19.8 Å². The molecule has 60 valence electrons. The molecule has 0 amide bonds. The highest BCUT2D eigenvalue weighted by molar-refractivity contribution is 4.83. The second kappa shape index (κ2) is 2.51. The van der Waals surface area contributed by atoms with Gasteiger partial charge in [0.15, 0.2) is 0 Å². The molecule has 0 aromatic carbocycles. The summed E-state index contributed by atoms with van der Waals surface area (Å²) in [6, 6.07) is 0.537. The van der Waals surface area contributed by atoms with Crippen LogP contribution in [-0.2, 0) is 4.74 Å². The second-order valence-electron chi connectivity index (χ2n) is 3.82. The molecule has 1 saturated heterocycles. The van der Waals surface area contributed by atoms with Gasteiger partial charge < -0.3 is 4.74 Å². The van der Waals surface area contributed by atoms with E-state index in [0.717, 1.165) is 6.61 Å². The third-order valence-corrected chi connectivity index (χ3v) is 1.96. The first-order chi connectivity index (χ1) is 4.51. The van der Waals surface area contributed by atoms with Crippen LogP contribution in [0.3, 0.4) is 0 Å². The lowest BCUT2D eigenvalue weighted by atomic mass is 10.1. The average molecular weight is 143 g/mol. The van der Waals surface area contributed by atoms with Gasteiger partial charge in [-0.2, -0.15) is 0 Å². The number of nitrogens with one attached hydrogen (secondary N) is 1. The highest BCUT2D eigenvalue weighted by atomic mass is 16.5. The third kappa shape index (κ3) is 1.70. The molecule has 1 unspecified atom stereocenters. The van der Waals surface area contributed by atoms with Crippen molar-refractivity contribution >= 4 is 0 Å². The molecule has 1 N–H and O–H groups in total. The quantitative estimate of drug-likeness (QED) is 0.598. The summed E-state index contributed by atoms with van der Waals surface area (Å²) in [6.07, 6.45) is 0. The first-order valence-corrected chi connectivity index (χ1v) is 3.93. The van der Waals surface area contributed by atoms with Gasteiger partial charge in [0.1, 0.15) is 5.72 Å². The fraction of sp³-hybridized carbons (Fsp3) is 1.00. The van der Waals surface area contributed by atoms with Crippen molar-refractivity contribution < 1.29 is 4.74 Å². The third-order valence-electron chi connectivity index (χ3n) is 1.96. The zero-order valence-corrected chi connectivity index (χ0v) is 7.27. The summed E-state index contributed by atoms with van der Waals surface area (Å²) in [5, 5.41) is 3.41. The Morgan fingerprint density at radius 3 is 2.30 bits per heavy atom. The van der Waals surface area contributed by atoms with Crippen LogP contribution < -0.4 is 5.32 Å². The van der Waals surface area contributed by atoms with Crippen molar-refractivity contribution in [3.05, 3.63) is 0 Å². The Morgan fingerprint density at radius 1 is 1.50 bits per heavy atom. The average Bonchev–Trinajstić information content (AvgIpc) is 2.10. The fourth-order valence-electron chi connectivity index (χ4n) is 1.19. The van der Waals surface area contributed by atoms with Crippen molar-refractivity contribution in [1.29, 1.82) is 0 Å². The van der Waals surface area contributed by atoms with Gasteiger partial charge in [-0.25, -0.2) is 0 Å². The Labute approximate surface area is 63.0 Å². The molecule has 0 aliphatic carbocycles. The van der Waals surface area contributed by atoms with Crippen LogP contribution in [0.5, 0.6) is 0 Å². The van der Waals surface area contributed by atoms with Gasteiger partial charge >= 0.3 is 0 Å². The highest BCUT2D eigenvalue weighted by Gasteiger charge is 2.31. The largest absolute Gasteiger partial charge is 0.360 e. The van der Waals surface area contributed by atoms with Gasteiger partial charge in [0, 0.05) is 6.04 Å². The summed E-state index contributed by atoms with van der Waals surface area (Å²) in [5.41, 5.74) is -0.102. The molecule has 0 aromatic rings. The maximum atomic E-state index is 5.50. The summed E-state index contributed by atoms with van der Waals surface area (Å²) in [6.45, 7) is 9.40. The van der Waals surface area contributed by atoms with Crippen LogP contribution in [0.2, 0.25) is 0 Å². The van der Waals surface area contributed by atoms with E-state index in [1.54, 1.807) is 0 Å². The highest BCUT2D eigenvalue weighted by Crippen LogP contribution is 2.18. The zero-order valence-electron chi connectivity index (χ0n) is 7.27. The summed E-state index contributed by atoms with van der Waals surface area (Å²) >= 11 is 0. The first kappa shape index (κ1) is 8.02. The summed E-state index contributed by atoms with van der Waals surface area (Å²) in [5.74, 6) is 0.668. The van der Waals surface area contributed by atoms with E-state index >= 15 is 0 Å². The molecule has 0 spiro atoms. The minimum absolute atomic E-state index is 0.102. The molecule has 2 heteroatoms. The summed E-state index contributed by atoms with van der Waals surface area (Å²) in [4.78, 5) is 0. The molecule has 0 aromatic heterocycles. The van der Waals surface area contributed by atoms with Gasteiger partial charge in [-0.1, -0.05) is 13.8 Å². The van der Waals surface area contributed by atoms with Crippen molar-refractivity contribution in [1.82, 2.24) is 5.32 Å². The summed E-state index contributed by atoms with van der Waals surface area (Å²) in [7, 11) is 0. The lowest BCUT2D eigenvalue weighted by molar-refractivity contribution is 0.0230. The predicted molar refractivity (Wildman–Crippen MR) is 41.8 cm³/mol. The van der Waals surface area contributed by atoms with E-state index < -0.39 is 0 Å². The standard InChI is InChI=1S/C8H17NO/c1-6(2)7-5-10-8(3,4)9-7/h6-7,9H,5H2,1-4H3. The summed E-state index contributed by atoms with van der Waals surface area (Å²) < 4.78 is 5.50. The number of hydrogen-bond donors (Lipinski definition) is 1. The molecule has 1 aliphatic heterocycles. The monoisotopic (exact) mass is 143 g/mol. The van der Waals surface area contributed by atoms with E-state index in [-0.39, 0.29) is 5.72 Å². The Balaban J connectivity index is 2.43. The maximum absolute atomic E-state index is 5.50. The van der Waals surface area contributed by atoms with E-state index in [4.69, 9.17) is 4.74 Å². The van der Waals surface area contributed by atoms with E-state index in [1.807, 2.05) is 0 Å². The normalized spacial score (nSPS) is 31.5. The molecule has 1 fully saturated rings. The van der Waals surface area contributed by atoms with E-state index in [2.05, 4.69) is 33.0 Å². The van der Waals surface area contributed by atoms with Crippen LogP contribution in [0.4, 0.5) is 0 Å². The van der Waals surface area contributed by atoms with Crippen LogP contribution in [0.1, 0.15) is 27.7 Å². The van der Waals surface area contributed by atoms with E-state index in [9.17, 15) is 0 Å². The van der Waals surface area contributed by atoms with Gasteiger partial charge in [-0.15, -0.1) is 0 Å². The molecule has 0 saturated carbocycles. The van der Waals surface area contributed by atoms with Gasteiger partial charge in [-0.3, -0.25) is 5.32 Å². The van der Waals surface area contributed by atoms with Gasteiger partial charge in [0.25, 0.3) is 0 Å². The van der Waals surface area contributed by atoms with Crippen LogP contribution in [0.15, 0.2) is 0 Å². The van der Waals surface area contributed by atoms with Crippen LogP contribution in [0.25, 0.3) is 0 Å². The Kier molecular flexibility index (Phi) is 2.02. The maximum Gasteiger partial charge on any atom is 0.113 e. The van der Waals surface area contributed by atoms with Crippen molar-refractivity contribution in [2.75, 3.05) is 6.61 Å².